The van der Waals surface area contributed by atoms with Crippen LogP contribution >= 0.6 is 0 Å². The number of carbonyl (C=O) groups is 1. The zero-order valence-electron chi connectivity index (χ0n) is 5.41. The first kappa shape index (κ1) is 7.95. The van der Waals surface area contributed by atoms with Crippen molar-refractivity contribution in [1.29, 1.82) is 0 Å². The van der Waals surface area contributed by atoms with Crippen LogP contribution < -0.4 is 0 Å². The van der Waals surface area contributed by atoms with E-state index in [2.05, 4.69) is 4.74 Å². The molecule has 2 heteroatoms. The number of rotatable bonds is 4. The molecule has 0 aliphatic carbocycles. The molecule has 0 heterocycles. The summed E-state index contributed by atoms with van der Waals surface area (Å²) in [5, 5.41) is 0. The Labute approximate surface area is 54.8 Å². The molecule has 0 atom stereocenters. The molecule has 0 amide bonds. The van der Waals surface area contributed by atoms with E-state index in [9.17, 15) is 4.79 Å². The van der Waals surface area contributed by atoms with Crippen molar-refractivity contribution in [3.05, 3.63) is 24.5 Å². The van der Waals surface area contributed by atoms with E-state index in [-0.39, 0.29) is 0 Å². The maximum absolute atomic E-state index is 9.55. The van der Waals surface area contributed by atoms with Crippen LogP contribution in [0.4, 0.5) is 0 Å². The molecule has 0 unspecified atom stereocenters. The molecular formula is C7H10O2. The van der Waals surface area contributed by atoms with Gasteiger partial charge in [0.25, 0.3) is 6.47 Å². The van der Waals surface area contributed by atoms with Crippen molar-refractivity contribution >= 4 is 6.47 Å². The monoisotopic (exact) mass is 126 g/mol. The molecule has 0 aliphatic rings. The van der Waals surface area contributed by atoms with E-state index in [1.165, 1.54) is 6.26 Å². The third-order valence-corrected chi connectivity index (χ3v) is 0.738. The Morgan fingerprint density at radius 1 is 1.44 bits per heavy atom. The van der Waals surface area contributed by atoms with Gasteiger partial charge in [0.1, 0.15) is 0 Å². The third-order valence-electron chi connectivity index (χ3n) is 0.738. The van der Waals surface area contributed by atoms with E-state index >= 15 is 0 Å². The van der Waals surface area contributed by atoms with Gasteiger partial charge in [0.2, 0.25) is 0 Å². The summed E-state index contributed by atoms with van der Waals surface area (Å²) in [6.45, 7) is 2.33. The number of carbonyl (C=O) groups excluding carboxylic acids is 1. The maximum Gasteiger partial charge on any atom is 0.297 e. The van der Waals surface area contributed by atoms with Crippen molar-refractivity contribution < 1.29 is 9.53 Å². The van der Waals surface area contributed by atoms with Crippen molar-refractivity contribution in [2.45, 2.75) is 13.3 Å². The van der Waals surface area contributed by atoms with Gasteiger partial charge in [-0.2, -0.15) is 0 Å². The fraction of sp³-hybridized carbons (Fsp3) is 0.286. The minimum Gasteiger partial charge on any atom is -0.437 e. The smallest absolute Gasteiger partial charge is 0.297 e. The minimum atomic E-state index is 0.395. The van der Waals surface area contributed by atoms with Gasteiger partial charge < -0.3 is 4.74 Å². The van der Waals surface area contributed by atoms with E-state index in [0.717, 1.165) is 6.42 Å². The molecule has 0 aromatic carbocycles. The molecule has 0 rings (SSSR count). The van der Waals surface area contributed by atoms with Crippen LogP contribution in [0.25, 0.3) is 0 Å². The quantitative estimate of drug-likeness (QED) is 0.325. The lowest BCUT2D eigenvalue weighted by Gasteiger charge is -1.80. The summed E-state index contributed by atoms with van der Waals surface area (Å²) in [6.07, 6.45) is 7.83. The third kappa shape index (κ3) is 6.95. The zero-order valence-corrected chi connectivity index (χ0v) is 5.41. The van der Waals surface area contributed by atoms with E-state index in [0.29, 0.717) is 6.47 Å². The summed E-state index contributed by atoms with van der Waals surface area (Å²) in [5.41, 5.74) is 0. The van der Waals surface area contributed by atoms with Crippen LogP contribution in [0.15, 0.2) is 24.5 Å². The predicted octanol–water partition coefficient (Wildman–Crippen LogP) is 1.64. The highest BCUT2D eigenvalue weighted by atomic mass is 16.5. The van der Waals surface area contributed by atoms with E-state index in [1.807, 2.05) is 19.1 Å². The molecule has 9 heavy (non-hydrogen) atoms. The molecule has 0 radical (unpaired) electrons. The second kappa shape index (κ2) is 6.95. The van der Waals surface area contributed by atoms with Crippen LogP contribution in [0.1, 0.15) is 13.3 Å². The van der Waals surface area contributed by atoms with Crippen molar-refractivity contribution in [1.82, 2.24) is 0 Å². The van der Waals surface area contributed by atoms with Crippen LogP contribution in [0, 0.1) is 0 Å². The van der Waals surface area contributed by atoms with Gasteiger partial charge in [-0.15, -0.1) is 0 Å². The SMILES string of the molecule is CC=CCC=COC=O. The summed E-state index contributed by atoms with van der Waals surface area (Å²) < 4.78 is 4.29. The Morgan fingerprint density at radius 2 is 2.22 bits per heavy atom. The first-order valence-electron chi connectivity index (χ1n) is 2.77. The molecule has 0 aromatic rings. The summed E-state index contributed by atoms with van der Waals surface area (Å²) >= 11 is 0. The summed E-state index contributed by atoms with van der Waals surface area (Å²) in [4.78, 5) is 9.55. The van der Waals surface area contributed by atoms with Gasteiger partial charge in [-0.05, 0) is 19.4 Å². The zero-order chi connectivity index (χ0) is 6.95. The molecule has 0 fully saturated rings. The highest BCUT2D eigenvalue weighted by Gasteiger charge is 1.68. The topological polar surface area (TPSA) is 26.3 Å². The van der Waals surface area contributed by atoms with Crippen molar-refractivity contribution in [3.8, 4) is 0 Å². The average molecular weight is 126 g/mol. The molecule has 50 valence electrons. The fourth-order valence-electron chi connectivity index (χ4n) is 0.358. The van der Waals surface area contributed by atoms with Crippen molar-refractivity contribution in [2.24, 2.45) is 0 Å². The van der Waals surface area contributed by atoms with Crippen LogP contribution in [-0.4, -0.2) is 6.47 Å². The first-order chi connectivity index (χ1) is 4.41. The number of allylic oxidation sites excluding steroid dienone is 3. The molecule has 0 saturated heterocycles. The van der Waals surface area contributed by atoms with Crippen LogP contribution in [0.2, 0.25) is 0 Å². The molecule has 0 bridgehead atoms. The van der Waals surface area contributed by atoms with Gasteiger partial charge in [-0.1, -0.05) is 12.2 Å². The standard InChI is InChI=1S/C7H10O2/c1-2-3-4-5-6-9-7-8/h2-3,5-7H,4H2,1H3. The Balaban J connectivity index is 3.14. The molecule has 0 aliphatic heterocycles. The molecule has 0 spiro atoms. The lowest BCUT2D eigenvalue weighted by atomic mass is 10.4. The van der Waals surface area contributed by atoms with Crippen LogP contribution in [0.3, 0.4) is 0 Å². The highest BCUT2D eigenvalue weighted by molar-refractivity contribution is 5.38. The molecule has 0 N–H and O–H groups in total. The second-order valence-electron chi connectivity index (χ2n) is 1.41. The Morgan fingerprint density at radius 3 is 2.78 bits per heavy atom. The fourth-order valence-corrected chi connectivity index (χ4v) is 0.358. The van der Waals surface area contributed by atoms with Gasteiger partial charge >= 0.3 is 0 Å². The summed E-state index contributed by atoms with van der Waals surface area (Å²) in [6, 6.07) is 0. The van der Waals surface area contributed by atoms with E-state index in [4.69, 9.17) is 0 Å². The van der Waals surface area contributed by atoms with E-state index in [1.54, 1.807) is 6.08 Å². The lowest BCUT2D eigenvalue weighted by Crippen LogP contribution is -1.70. The van der Waals surface area contributed by atoms with Gasteiger partial charge in [0.05, 0.1) is 6.26 Å². The van der Waals surface area contributed by atoms with Gasteiger partial charge in [0, 0.05) is 0 Å². The van der Waals surface area contributed by atoms with Crippen molar-refractivity contribution in [3.63, 3.8) is 0 Å². The first-order valence-corrected chi connectivity index (χ1v) is 2.77. The van der Waals surface area contributed by atoms with Gasteiger partial charge in [0.15, 0.2) is 0 Å². The van der Waals surface area contributed by atoms with Crippen LogP contribution in [0.5, 0.6) is 0 Å². The van der Waals surface area contributed by atoms with E-state index < -0.39 is 0 Å². The number of hydrogen-bond donors (Lipinski definition) is 0. The Kier molecular flexibility index (Phi) is 6.14. The minimum absolute atomic E-state index is 0.395. The molecule has 0 saturated carbocycles. The second-order valence-corrected chi connectivity index (χ2v) is 1.41. The number of hydrogen-bond acceptors (Lipinski definition) is 2. The summed E-state index contributed by atoms with van der Waals surface area (Å²) in [7, 11) is 0. The Hall–Kier alpha value is -1.05. The van der Waals surface area contributed by atoms with Crippen molar-refractivity contribution in [2.75, 3.05) is 0 Å². The predicted molar refractivity (Wildman–Crippen MR) is 35.7 cm³/mol. The van der Waals surface area contributed by atoms with Crippen LogP contribution in [-0.2, 0) is 9.53 Å². The van der Waals surface area contributed by atoms with Gasteiger partial charge in [-0.3, -0.25) is 4.79 Å². The molecule has 0 aromatic heterocycles. The average Bonchev–Trinajstić information content (AvgIpc) is 1.89. The largest absolute Gasteiger partial charge is 0.437 e. The molecular weight excluding hydrogens is 116 g/mol. The maximum atomic E-state index is 9.55. The summed E-state index contributed by atoms with van der Waals surface area (Å²) in [5.74, 6) is 0. The lowest BCUT2D eigenvalue weighted by molar-refractivity contribution is -0.123. The Bertz CT molecular complexity index is 114. The van der Waals surface area contributed by atoms with Gasteiger partial charge in [-0.25, -0.2) is 0 Å². The highest BCUT2D eigenvalue weighted by Crippen LogP contribution is 1.84. The number of ether oxygens (including phenoxy) is 1. The molecule has 2 nitrogen and oxygen atoms in total. The normalized spacial score (nSPS) is 10.8.